The number of hydrogen-bond donors (Lipinski definition) is 0. The standard InChI is InChI=1S/C22H19FN4/c1-27(2)19-11-17(13-25-14-19)20-12-21(15-3-5-18(23)6-4-15)26-22(20)16-7-9-24-10-8-16/h3-11,13-14H,12H2,1-2H3. The Kier molecular flexibility index (Phi) is 4.50. The number of allylic oxidation sites excluding steroid dienone is 1. The number of halogens is 1. The van der Waals surface area contributed by atoms with Crippen LogP contribution in [0.3, 0.4) is 0 Å². The van der Waals surface area contributed by atoms with Crippen molar-refractivity contribution in [2.24, 2.45) is 4.99 Å². The second kappa shape index (κ2) is 7.11. The molecule has 2 aromatic heterocycles. The van der Waals surface area contributed by atoms with Crippen LogP contribution in [0.5, 0.6) is 0 Å². The molecule has 4 rings (SSSR count). The van der Waals surface area contributed by atoms with Gasteiger partial charge in [0.05, 0.1) is 23.3 Å². The molecule has 1 aliphatic heterocycles. The lowest BCUT2D eigenvalue weighted by molar-refractivity contribution is 0.628. The van der Waals surface area contributed by atoms with E-state index in [0.29, 0.717) is 6.42 Å². The summed E-state index contributed by atoms with van der Waals surface area (Å²) in [5.74, 6) is -0.247. The molecule has 5 heteroatoms. The first kappa shape index (κ1) is 17.1. The average molecular weight is 358 g/mol. The molecule has 1 aromatic carbocycles. The van der Waals surface area contributed by atoms with Gasteiger partial charge in [-0.1, -0.05) is 12.1 Å². The molecule has 0 saturated heterocycles. The molecule has 0 N–H and O–H groups in total. The molecule has 0 aliphatic carbocycles. The van der Waals surface area contributed by atoms with Crippen molar-refractivity contribution in [3.63, 3.8) is 0 Å². The van der Waals surface area contributed by atoms with E-state index in [0.717, 1.165) is 39.4 Å². The van der Waals surface area contributed by atoms with E-state index in [-0.39, 0.29) is 5.82 Å². The molecule has 0 fully saturated rings. The first-order valence-electron chi connectivity index (χ1n) is 8.71. The lowest BCUT2D eigenvalue weighted by Crippen LogP contribution is -2.09. The summed E-state index contributed by atoms with van der Waals surface area (Å²) in [6, 6.07) is 12.5. The number of hydrogen-bond acceptors (Lipinski definition) is 4. The SMILES string of the molecule is CN(C)c1cncc(C2=C(c3ccncc3)N=C(c3ccc(F)cc3)C2)c1. The van der Waals surface area contributed by atoms with Crippen molar-refractivity contribution in [3.8, 4) is 0 Å². The topological polar surface area (TPSA) is 41.4 Å². The lowest BCUT2D eigenvalue weighted by atomic mass is 9.97. The molecule has 1 aliphatic rings. The number of pyridine rings is 2. The van der Waals surface area contributed by atoms with Gasteiger partial charge >= 0.3 is 0 Å². The average Bonchev–Trinajstić information content (AvgIpc) is 3.15. The first-order valence-corrected chi connectivity index (χ1v) is 8.71. The van der Waals surface area contributed by atoms with Crippen LogP contribution in [0.2, 0.25) is 0 Å². The normalized spacial score (nSPS) is 13.7. The van der Waals surface area contributed by atoms with E-state index >= 15 is 0 Å². The molecular weight excluding hydrogens is 339 g/mol. The summed E-state index contributed by atoms with van der Waals surface area (Å²) in [5.41, 5.74) is 6.94. The molecule has 0 spiro atoms. The summed E-state index contributed by atoms with van der Waals surface area (Å²) in [7, 11) is 3.99. The number of aromatic nitrogens is 2. The Morgan fingerprint density at radius 2 is 1.59 bits per heavy atom. The van der Waals surface area contributed by atoms with E-state index in [9.17, 15) is 4.39 Å². The third kappa shape index (κ3) is 3.49. The van der Waals surface area contributed by atoms with Crippen LogP contribution in [0.1, 0.15) is 23.1 Å². The largest absolute Gasteiger partial charge is 0.376 e. The second-order valence-corrected chi connectivity index (χ2v) is 6.63. The Labute approximate surface area is 157 Å². The molecule has 27 heavy (non-hydrogen) atoms. The van der Waals surface area contributed by atoms with Gasteiger partial charge in [0, 0.05) is 50.2 Å². The molecule has 4 nitrogen and oxygen atoms in total. The maximum atomic E-state index is 13.3. The number of nitrogens with zero attached hydrogens (tertiary/aromatic N) is 4. The maximum absolute atomic E-state index is 13.3. The molecule has 0 radical (unpaired) electrons. The Balaban J connectivity index is 1.80. The number of benzene rings is 1. The monoisotopic (exact) mass is 358 g/mol. The highest BCUT2D eigenvalue weighted by Crippen LogP contribution is 2.37. The van der Waals surface area contributed by atoms with Crippen LogP contribution in [0.15, 0.2) is 72.2 Å². The zero-order chi connectivity index (χ0) is 18.8. The number of rotatable bonds is 4. The highest BCUT2D eigenvalue weighted by atomic mass is 19.1. The predicted molar refractivity (Wildman–Crippen MR) is 107 cm³/mol. The molecule has 0 atom stereocenters. The van der Waals surface area contributed by atoms with Crippen LogP contribution in [0.25, 0.3) is 11.3 Å². The summed E-state index contributed by atoms with van der Waals surface area (Å²) >= 11 is 0. The van der Waals surface area contributed by atoms with E-state index < -0.39 is 0 Å². The van der Waals surface area contributed by atoms with E-state index in [1.165, 1.54) is 12.1 Å². The minimum absolute atomic E-state index is 0.247. The first-order chi connectivity index (χ1) is 13.1. The summed E-state index contributed by atoms with van der Waals surface area (Å²) in [4.78, 5) is 15.4. The highest BCUT2D eigenvalue weighted by molar-refractivity contribution is 6.16. The zero-order valence-electron chi connectivity index (χ0n) is 15.2. The predicted octanol–water partition coefficient (Wildman–Crippen LogP) is 4.44. The summed E-state index contributed by atoms with van der Waals surface area (Å²) < 4.78 is 13.3. The molecule has 0 unspecified atom stereocenters. The molecule has 0 saturated carbocycles. The Morgan fingerprint density at radius 1 is 0.852 bits per heavy atom. The number of anilines is 1. The van der Waals surface area contributed by atoms with Crippen LogP contribution < -0.4 is 4.90 Å². The van der Waals surface area contributed by atoms with Gasteiger partial charge in [0.1, 0.15) is 5.82 Å². The van der Waals surface area contributed by atoms with Crippen LogP contribution in [-0.4, -0.2) is 29.8 Å². The van der Waals surface area contributed by atoms with Crippen LogP contribution in [0.4, 0.5) is 10.1 Å². The lowest BCUT2D eigenvalue weighted by Gasteiger charge is -2.14. The minimum Gasteiger partial charge on any atom is -0.376 e. The summed E-state index contributed by atoms with van der Waals surface area (Å²) in [6.45, 7) is 0. The van der Waals surface area contributed by atoms with Gasteiger partial charge < -0.3 is 4.90 Å². The fourth-order valence-electron chi connectivity index (χ4n) is 3.13. The Bertz CT molecular complexity index is 1020. The minimum atomic E-state index is -0.247. The van der Waals surface area contributed by atoms with Crippen molar-refractivity contribution in [3.05, 3.63) is 89.8 Å². The fraction of sp³-hybridized carbons (Fsp3) is 0.136. The van der Waals surface area contributed by atoms with Crippen LogP contribution >= 0.6 is 0 Å². The van der Waals surface area contributed by atoms with Crippen molar-refractivity contribution in [1.82, 2.24) is 9.97 Å². The molecule has 134 valence electrons. The van der Waals surface area contributed by atoms with E-state index in [4.69, 9.17) is 4.99 Å². The third-order valence-electron chi connectivity index (χ3n) is 4.60. The highest BCUT2D eigenvalue weighted by Gasteiger charge is 2.22. The van der Waals surface area contributed by atoms with Crippen molar-refractivity contribution >= 4 is 22.7 Å². The van der Waals surface area contributed by atoms with Crippen molar-refractivity contribution in [2.45, 2.75) is 6.42 Å². The Hall–Kier alpha value is -3.34. The summed E-state index contributed by atoms with van der Waals surface area (Å²) in [5, 5.41) is 0. The van der Waals surface area contributed by atoms with E-state index in [1.807, 2.05) is 43.5 Å². The summed E-state index contributed by atoms with van der Waals surface area (Å²) in [6.07, 6.45) is 7.90. The van der Waals surface area contributed by atoms with Gasteiger partial charge in [-0.15, -0.1) is 0 Å². The number of aliphatic imine (C=N–C) groups is 1. The zero-order valence-corrected chi connectivity index (χ0v) is 15.2. The molecule has 0 bridgehead atoms. The third-order valence-corrected chi connectivity index (χ3v) is 4.60. The van der Waals surface area contributed by atoms with Gasteiger partial charge in [0.15, 0.2) is 0 Å². The molecule has 3 aromatic rings. The van der Waals surface area contributed by atoms with Crippen molar-refractivity contribution < 1.29 is 4.39 Å². The van der Waals surface area contributed by atoms with Crippen molar-refractivity contribution in [1.29, 1.82) is 0 Å². The van der Waals surface area contributed by atoms with Crippen LogP contribution in [-0.2, 0) is 0 Å². The fourth-order valence-corrected chi connectivity index (χ4v) is 3.13. The van der Waals surface area contributed by atoms with E-state index in [1.54, 1.807) is 24.5 Å². The molecule has 3 heterocycles. The second-order valence-electron chi connectivity index (χ2n) is 6.63. The van der Waals surface area contributed by atoms with E-state index in [2.05, 4.69) is 16.0 Å². The Morgan fingerprint density at radius 3 is 2.30 bits per heavy atom. The molecular formula is C22H19FN4. The van der Waals surface area contributed by atoms with Gasteiger partial charge in [0.25, 0.3) is 0 Å². The van der Waals surface area contributed by atoms with Crippen molar-refractivity contribution in [2.75, 3.05) is 19.0 Å². The van der Waals surface area contributed by atoms with Gasteiger partial charge in [-0.2, -0.15) is 0 Å². The van der Waals surface area contributed by atoms with Crippen LogP contribution in [0, 0.1) is 5.82 Å². The quantitative estimate of drug-likeness (QED) is 0.692. The molecule has 0 amide bonds. The van der Waals surface area contributed by atoms with Gasteiger partial charge in [-0.25, -0.2) is 4.39 Å². The smallest absolute Gasteiger partial charge is 0.123 e. The maximum Gasteiger partial charge on any atom is 0.123 e. The van der Waals surface area contributed by atoms with Gasteiger partial charge in [-0.05, 0) is 41.5 Å². The van der Waals surface area contributed by atoms with Gasteiger partial charge in [0.2, 0.25) is 0 Å². The van der Waals surface area contributed by atoms with Gasteiger partial charge in [-0.3, -0.25) is 15.0 Å².